The average Bonchev–Trinajstić information content (AvgIpc) is 3.17. The third-order valence-electron chi connectivity index (χ3n) is 5.13. The van der Waals surface area contributed by atoms with Gasteiger partial charge >= 0.3 is 0 Å². The number of likely N-dealkylation sites (tertiary alicyclic amines) is 1. The minimum atomic E-state index is -0.00991. The highest BCUT2D eigenvalue weighted by Gasteiger charge is 2.30. The second-order valence-electron chi connectivity index (χ2n) is 8.17. The molecule has 1 N–H and O–H groups in total. The Balaban J connectivity index is 1.42. The molecule has 128 valence electrons. The van der Waals surface area contributed by atoms with Gasteiger partial charge in [0.25, 0.3) is 0 Å². The molecule has 1 aromatic carbocycles. The number of nitrogens with one attached hydrogen (secondary N) is 1. The number of rotatable bonds is 5. The van der Waals surface area contributed by atoms with E-state index in [0.717, 1.165) is 26.0 Å². The van der Waals surface area contributed by atoms with Crippen LogP contribution in [0.25, 0.3) is 0 Å². The minimum absolute atomic E-state index is 0.00991. The molecule has 0 aliphatic carbocycles. The largest absolute Gasteiger partial charge is 0.350 e. The zero-order chi connectivity index (χ0) is 16.3. The maximum atomic E-state index is 6.08. The Bertz CT molecular complexity index is 485. The summed E-state index contributed by atoms with van der Waals surface area (Å²) in [5, 5.41) is 0. The lowest BCUT2D eigenvalue weighted by atomic mass is 9.86. The van der Waals surface area contributed by atoms with Crippen molar-refractivity contribution in [3.05, 3.63) is 35.4 Å². The first-order chi connectivity index (χ1) is 11.0. The molecule has 3 nitrogen and oxygen atoms in total. The van der Waals surface area contributed by atoms with E-state index < -0.39 is 0 Å². The molecule has 2 aliphatic heterocycles. The van der Waals surface area contributed by atoms with Crippen LogP contribution in [0.15, 0.2) is 24.3 Å². The molecule has 2 unspecified atom stereocenters. The highest BCUT2D eigenvalue weighted by Crippen LogP contribution is 2.23. The molecule has 2 fully saturated rings. The van der Waals surface area contributed by atoms with E-state index in [1.807, 2.05) is 0 Å². The van der Waals surface area contributed by atoms with Gasteiger partial charge in [0.1, 0.15) is 12.6 Å². The zero-order valence-corrected chi connectivity index (χ0v) is 14.9. The summed E-state index contributed by atoms with van der Waals surface area (Å²) in [6, 6.07) is 9.01. The predicted molar refractivity (Wildman–Crippen MR) is 92.9 cm³/mol. The van der Waals surface area contributed by atoms with E-state index in [9.17, 15) is 0 Å². The summed E-state index contributed by atoms with van der Waals surface area (Å²) in [5.74, 6) is 0. The highest BCUT2D eigenvalue weighted by atomic mass is 16.7. The third kappa shape index (κ3) is 4.79. The van der Waals surface area contributed by atoms with Crippen molar-refractivity contribution in [3.63, 3.8) is 0 Å². The van der Waals surface area contributed by atoms with Crippen molar-refractivity contribution in [3.8, 4) is 0 Å². The Hall–Kier alpha value is -0.900. The molecule has 1 aromatic rings. The van der Waals surface area contributed by atoms with Gasteiger partial charge in [0, 0.05) is 19.3 Å². The van der Waals surface area contributed by atoms with E-state index in [4.69, 9.17) is 9.47 Å². The third-order valence-corrected chi connectivity index (χ3v) is 5.13. The molecule has 2 aliphatic rings. The fourth-order valence-electron chi connectivity index (χ4n) is 3.62. The van der Waals surface area contributed by atoms with Crippen molar-refractivity contribution in [2.45, 2.75) is 64.3 Å². The van der Waals surface area contributed by atoms with E-state index in [1.165, 1.54) is 37.1 Å². The number of hydrogen-bond acceptors (Lipinski definition) is 2. The second kappa shape index (κ2) is 7.33. The smallest absolute Gasteiger partial charge is 0.158 e. The summed E-state index contributed by atoms with van der Waals surface area (Å²) < 4.78 is 11.9. The number of benzene rings is 1. The SMILES string of the molecule is CC(C)(C)c1ccc(CCC2OCC(C[NH+]3CCCC3)O2)cc1. The van der Waals surface area contributed by atoms with Gasteiger partial charge in [-0.05, 0) is 23.0 Å². The molecule has 0 saturated carbocycles. The molecule has 0 aromatic heterocycles. The molecule has 3 heteroatoms. The van der Waals surface area contributed by atoms with Gasteiger partial charge in [0.2, 0.25) is 0 Å². The topological polar surface area (TPSA) is 22.9 Å². The van der Waals surface area contributed by atoms with Crippen molar-refractivity contribution in [1.82, 2.24) is 0 Å². The maximum absolute atomic E-state index is 6.08. The molecule has 2 heterocycles. The fraction of sp³-hybridized carbons (Fsp3) is 0.700. The molecule has 2 atom stereocenters. The van der Waals surface area contributed by atoms with Crippen LogP contribution in [-0.4, -0.2) is 38.6 Å². The Morgan fingerprint density at radius 1 is 1.09 bits per heavy atom. The van der Waals surface area contributed by atoms with Gasteiger partial charge in [-0.2, -0.15) is 0 Å². The van der Waals surface area contributed by atoms with Crippen molar-refractivity contribution in [1.29, 1.82) is 0 Å². The Morgan fingerprint density at radius 2 is 1.78 bits per heavy atom. The normalized spacial score (nSPS) is 26.0. The molecule has 0 radical (unpaired) electrons. The highest BCUT2D eigenvalue weighted by molar-refractivity contribution is 5.27. The lowest BCUT2D eigenvalue weighted by molar-refractivity contribution is -0.890. The van der Waals surface area contributed by atoms with E-state index in [1.54, 1.807) is 4.90 Å². The Morgan fingerprint density at radius 3 is 2.43 bits per heavy atom. The fourth-order valence-corrected chi connectivity index (χ4v) is 3.62. The standard InChI is InChI=1S/C20H31NO2/c1-20(2,3)17-9-6-16(7-10-17)8-11-19-22-15-18(23-19)14-21-12-4-5-13-21/h6-7,9-10,18-19H,4-5,8,11-15H2,1-3H3/p+1. The Labute approximate surface area is 141 Å². The maximum Gasteiger partial charge on any atom is 0.158 e. The first-order valence-electron chi connectivity index (χ1n) is 9.21. The van der Waals surface area contributed by atoms with Gasteiger partial charge in [-0.15, -0.1) is 0 Å². The number of quaternary nitrogens is 1. The molecular weight excluding hydrogens is 286 g/mol. The van der Waals surface area contributed by atoms with Crippen molar-refractivity contribution in [2.75, 3.05) is 26.2 Å². The van der Waals surface area contributed by atoms with Crippen LogP contribution in [0.4, 0.5) is 0 Å². The predicted octanol–water partition coefficient (Wildman–Crippen LogP) is 2.34. The minimum Gasteiger partial charge on any atom is -0.350 e. The van der Waals surface area contributed by atoms with E-state index in [2.05, 4.69) is 45.0 Å². The summed E-state index contributed by atoms with van der Waals surface area (Å²) in [6.45, 7) is 11.3. The van der Waals surface area contributed by atoms with Crippen molar-refractivity contribution < 1.29 is 14.4 Å². The first kappa shape index (κ1) is 16.9. The second-order valence-corrected chi connectivity index (χ2v) is 8.17. The molecule has 3 rings (SSSR count). The number of ether oxygens (including phenoxy) is 2. The van der Waals surface area contributed by atoms with Crippen LogP contribution in [-0.2, 0) is 21.3 Å². The average molecular weight is 318 g/mol. The van der Waals surface area contributed by atoms with Gasteiger partial charge in [0.15, 0.2) is 6.29 Å². The molecule has 0 spiro atoms. The molecule has 2 saturated heterocycles. The van der Waals surface area contributed by atoms with Crippen LogP contribution in [0.3, 0.4) is 0 Å². The first-order valence-corrected chi connectivity index (χ1v) is 9.21. The van der Waals surface area contributed by atoms with Crippen molar-refractivity contribution >= 4 is 0 Å². The summed E-state index contributed by atoms with van der Waals surface area (Å²) in [5.41, 5.74) is 2.99. The molecular formula is C20H32NO2+. The van der Waals surface area contributed by atoms with E-state index >= 15 is 0 Å². The van der Waals surface area contributed by atoms with Crippen LogP contribution >= 0.6 is 0 Å². The van der Waals surface area contributed by atoms with Crippen molar-refractivity contribution in [2.24, 2.45) is 0 Å². The van der Waals surface area contributed by atoms with Crippen LogP contribution < -0.4 is 4.90 Å². The van der Waals surface area contributed by atoms with Gasteiger partial charge in [-0.3, -0.25) is 0 Å². The monoisotopic (exact) mass is 318 g/mol. The number of hydrogen-bond donors (Lipinski definition) is 1. The lowest BCUT2D eigenvalue weighted by Crippen LogP contribution is -3.11. The van der Waals surface area contributed by atoms with Crippen LogP contribution in [0, 0.1) is 0 Å². The zero-order valence-electron chi connectivity index (χ0n) is 14.9. The van der Waals surface area contributed by atoms with E-state index in [-0.39, 0.29) is 11.7 Å². The lowest BCUT2D eigenvalue weighted by Gasteiger charge is -2.19. The van der Waals surface area contributed by atoms with Crippen LogP contribution in [0.1, 0.15) is 51.2 Å². The Kier molecular flexibility index (Phi) is 5.40. The molecule has 0 amide bonds. The van der Waals surface area contributed by atoms with Gasteiger partial charge in [0.05, 0.1) is 19.7 Å². The quantitative estimate of drug-likeness (QED) is 0.900. The van der Waals surface area contributed by atoms with Gasteiger partial charge in [-0.25, -0.2) is 0 Å². The van der Waals surface area contributed by atoms with E-state index in [0.29, 0.717) is 6.10 Å². The van der Waals surface area contributed by atoms with Crippen LogP contribution in [0.5, 0.6) is 0 Å². The van der Waals surface area contributed by atoms with Crippen LogP contribution in [0.2, 0.25) is 0 Å². The summed E-state index contributed by atoms with van der Waals surface area (Å²) in [7, 11) is 0. The summed E-state index contributed by atoms with van der Waals surface area (Å²) in [4.78, 5) is 1.69. The number of aryl methyl sites for hydroxylation is 1. The molecule has 23 heavy (non-hydrogen) atoms. The molecule has 0 bridgehead atoms. The summed E-state index contributed by atoms with van der Waals surface area (Å²) >= 11 is 0. The summed E-state index contributed by atoms with van der Waals surface area (Å²) in [6.07, 6.45) is 5.02. The van der Waals surface area contributed by atoms with Gasteiger partial charge < -0.3 is 14.4 Å². The van der Waals surface area contributed by atoms with Gasteiger partial charge in [-0.1, -0.05) is 45.0 Å².